The van der Waals surface area contributed by atoms with Crippen LogP contribution in [0.5, 0.6) is 0 Å². The van der Waals surface area contributed by atoms with Gasteiger partial charge in [-0.25, -0.2) is 4.39 Å². The van der Waals surface area contributed by atoms with Gasteiger partial charge < -0.3 is 5.32 Å². The molecule has 4 nitrogen and oxygen atoms in total. The van der Waals surface area contributed by atoms with Crippen molar-refractivity contribution in [3.63, 3.8) is 0 Å². The molecule has 0 unspecified atom stereocenters. The summed E-state index contributed by atoms with van der Waals surface area (Å²) in [5.41, 5.74) is 1.03. The van der Waals surface area contributed by atoms with Gasteiger partial charge in [0, 0.05) is 11.7 Å². The molecule has 2 aromatic carbocycles. The first kappa shape index (κ1) is 20.3. The van der Waals surface area contributed by atoms with Crippen molar-refractivity contribution in [1.82, 2.24) is 5.32 Å². The van der Waals surface area contributed by atoms with Gasteiger partial charge in [-0.05, 0) is 48.1 Å². The predicted octanol–water partition coefficient (Wildman–Crippen LogP) is 5.33. The number of hydrogen-bond donors (Lipinski definition) is 1. The minimum absolute atomic E-state index is 0.106. The molecule has 1 heterocycles. The highest BCUT2D eigenvalue weighted by Crippen LogP contribution is 2.32. The number of amides is 2. The maximum Gasteiger partial charge on any atom is 0.269 e. The van der Waals surface area contributed by atoms with E-state index in [1.165, 1.54) is 28.4 Å². The Morgan fingerprint density at radius 2 is 1.77 bits per heavy atom. The monoisotopic (exact) mass is 422 g/mol. The summed E-state index contributed by atoms with van der Waals surface area (Å²) in [6.45, 7) is 0. The van der Waals surface area contributed by atoms with Crippen molar-refractivity contribution in [2.75, 3.05) is 4.90 Å². The fourth-order valence-electron chi connectivity index (χ4n) is 3.93. The molecule has 0 saturated heterocycles. The van der Waals surface area contributed by atoms with Crippen molar-refractivity contribution in [2.24, 2.45) is 0 Å². The molecule has 2 amide bonds. The highest BCUT2D eigenvalue weighted by Gasteiger charge is 2.35. The fraction of sp³-hybridized carbons (Fsp3) is 0.250. The molecule has 4 rings (SSSR count). The number of halogens is 1. The smallest absolute Gasteiger partial charge is 0.269 e. The normalized spacial score (nSPS) is 15.0. The molecule has 0 aliphatic heterocycles. The number of hydrogen-bond acceptors (Lipinski definition) is 3. The molecule has 1 atom stereocenters. The zero-order chi connectivity index (χ0) is 20.9. The van der Waals surface area contributed by atoms with Crippen LogP contribution in [-0.2, 0) is 4.79 Å². The molecule has 1 fully saturated rings. The second kappa shape index (κ2) is 9.22. The molecule has 6 heteroatoms. The molecule has 1 aliphatic rings. The highest BCUT2D eigenvalue weighted by atomic mass is 32.1. The average Bonchev–Trinajstić information content (AvgIpc) is 3.46. The van der Waals surface area contributed by atoms with Crippen molar-refractivity contribution in [3.8, 4) is 0 Å². The third kappa shape index (κ3) is 4.44. The summed E-state index contributed by atoms with van der Waals surface area (Å²) in [5.74, 6) is -1.03. The Bertz CT molecular complexity index is 1000. The SMILES string of the molecule is O=C(NC1CCCC1)[C@@H](c1ccccc1)N(C(=O)c1cccs1)c1cccc(F)c1. The summed E-state index contributed by atoms with van der Waals surface area (Å²) >= 11 is 1.30. The summed E-state index contributed by atoms with van der Waals surface area (Å²) in [4.78, 5) is 28.9. The number of benzene rings is 2. The van der Waals surface area contributed by atoms with Gasteiger partial charge >= 0.3 is 0 Å². The summed E-state index contributed by atoms with van der Waals surface area (Å²) in [6.07, 6.45) is 4.05. The van der Waals surface area contributed by atoms with E-state index in [0.29, 0.717) is 16.1 Å². The number of carbonyl (C=O) groups is 2. The Kier molecular flexibility index (Phi) is 6.23. The molecule has 0 bridgehead atoms. The van der Waals surface area contributed by atoms with E-state index < -0.39 is 11.9 Å². The van der Waals surface area contributed by atoms with Crippen LogP contribution in [0.3, 0.4) is 0 Å². The first-order valence-corrected chi connectivity index (χ1v) is 11.0. The van der Waals surface area contributed by atoms with Crippen LogP contribution in [0.2, 0.25) is 0 Å². The lowest BCUT2D eigenvalue weighted by Gasteiger charge is -2.32. The Morgan fingerprint density at radius 3 is 2.43 bits per heavy atom. The van der Waals surface area contributed by atoms with E-state index in [2.05, 4.69) is 5.32 Å². The van der Waals surface area contributed by atoms with Crippen LogP contribution in [0.25, 0.3) is 0 Å². The number of nitrogens with zero attached hydrogens (tertiary/aromatic N) is 1. The average molecular weight is 423 g/mol. The van der Waals surface area contributed by atoms with Crippen molar-refractivity contribution in [1.29, 1.82) is 0 Å². The van der Waals surface area contributed by atoms with Crippen LogP contribution in [0.4, 0.5) is 10.1 Å². The summed E-state index contributed by atoms with van der Waals surface area (Å²) < 4.78 is 14.1. The number of carbonyl (C=O) groups excluding carboxylic acids is 2. The maximum absolute atomic E-state index is 14.1. The van der Waals surface area contributed by atoms with Crippen LogP contribution in [0, 0.1) is 5.82 Å². The zero-order valence-electron chi connectivity index (χ0n) is 16.5. The lowest BCUT2D eigenvalue weighted by Crippen LogP contribution is -2.46. The summed E-state index contributed by atoms with van der Waals surface area (Å²) in [6, 6.07) is 17.7. The molecule has 1 aliphatic carbocycles. The standard InChI is InChI=1S/C24H23FN2O2S/c25-18-10-6-13-20(16-18)27(24(29)21-14-7-15-30-21)22(17-8-2-1-3-9-17)23(28)26-19-11-4-5-12-19/h1-3,6-10,13-16,19,22H,4-5,11-12H2,(H,26,28)/t22-/m1/s1. The van der Waals surface area contributed by atoms with Gasteiger partial charge in [-0.1, -0.05) is 55.3 Å². The first-order chi connectivity index (χ1) is 14.6. The topological polar surface area (TPSA) is 49.4 Å². The molecule has 3 aromatic rings. The Balaban J connectivity index is 1.79. The van der Waals surface area contributed by atoms with E-state index in [-0.39, 0.29) is 17.9 Å². The van der Waals surface area contributed by atoms with Gasteiger partial charge in [0.25, 0.3) is 5.91 Å². The van der Waals surface area contributed by atoms with Crippen molar-refractivity contribution < 1.29 is 14.0 Å². The lowest BCUT2D eigenvalue weighted by molar-refractivity contribution is -0.123. The van der Waals surface area contributed by atoms with E-state index in [4.69, 9.17) is 0 Å². The third-order valence-electron chi connectivity index (χ3n) is 5.36. The third-order valence-corrected chi connectivity index (χ3v) is 6.22. The van der Waals surface area contributed by atoms with Gasteiger partial charge in [-0.3, -0.25) is 14.5 Å². The molecule has 30 heavy (non-hydrogen) atoms. The van der Waals surface area contributed by atoms with Gasteiger partial charge in [-0.2, -0.15) is 0 Å². The predicted molar refractivity (Wildman–Crippen MR) is 117 cm³/mol. The van der Waals surface area contributed by atoms with Crippen LogP contribution in [-0.4, -0.2) is 17.9 Å². The van der Waals surface area contributed by atoms with E-state index >= 15 is 0 Å². The van der Waals surface area contributed by atoms with E-state index in [0.717, 1.165) is 25.7 Å². The second-order valence-corrected chi connectivity index (χ2v) is 8.38. The van der Waals surface area contributed by atoms with Crippen LogP contribution in [0.1, 0.15) is 47.0 Å². The molecule has 0 radical (unpaired) electrons. The summed E-state index contributed by atoms with van der Waals surface area (Å²) in [5, 5.41) is 4.93. The number of thiophene rings is 1. The van der Waals surface area contributed by atoms with E-state index in [1.54, 1.807) is 24.3 Å². The quantitative estimate of drug-likeness (QED) is 0.583. The molecular weight excluding hydrogens is 399 g/mol. The van der Waals surface area contributed by atoms with Crippen molar-refractivity contribution in [3.05, 3.63) is 88.4 Å². The van der Waals surface area contributed by atoms with Gasteiger partial charge in [0.2, 0.25) is 5.91 Å². The largest absolute Gasteiger partial charge is 0.351 e. The van der Waals surface area contributed by atoms with Crippen LogP contribution < -0.4 is 10.2 Å². The van der Waals surface area contributed by atoms with E-state index in [1.807, 2.05) is 35.7 Å². The molecule has 1 aromatic heterocycles. The maximum atomic E-state index is 14.1. The number of nitrogens with one attached hydrogen (secondary N) is 1. The Labute approximate surface area is 179 Å². The van der Waals surface area contributed by atoms with E-state index in [9.17, 15) is 14.0 Å². The van der Waals surface area contributed by atoms with Gasteiger partial charge in [0.15, 0.2) is 0 Å². The minimum Gasteiger partial charge on any atom is -0.351 e. The Morgan fingerprint density at radius 1 is 1.00 bits per heavy atom. The van der Waals surface area contributed by atoms with Gasteiger partial charge in [0.1, 0.15) is 11.9 Å². The molecular formula is C24H23FN2O2S. The number of rotatable bonds is 6. The second-order valence-electron chi connectivity index (χ2n) is 7.44. The number of anilines is 1. The lowest BCUT2D eigenvalue weighted by atomic mass is 10.0. The minimum atomic E-state index is -0.900. The summed E-state index contributed by atoms with van der Waals surface area (Å²) in [7, 11) is 0. The zero-order valence-corrected chi connectivity index (χ0v) is 17.3. The molecule has 0 spiro atoms. The van der Waals surface area contributed by atoms with Gasteiger partial charge in [-0.15, -0.1) is 11.3 Å². The molecule has 1 N–H and O–H groups in total. The van der Waals surface area contributed by atoms with Crippen molar-refractivity contribution >= 4 is 28.8 Å². The molecule has 1 saturated carbocycles. The first-order valence-electron chi connectivity index (χ1n) is 10.1. The fourth-order valence-corrected chi connectivity index (χ4v) is 4.59. The van der Waals surface area contributed by atoms with Gasteiger partial charge in [0.05, 0.1) is 4.88 Å². The highest BCUT2D eigenvalue weighted by molar-refractivity contribution is 7.12. The van der Waals surface area contributed by atoms with Crippen LogP contribution >= 0.6 is 11.3 Å². The van der Waals surface area contributed by atoms with Crippen LogP contribution in [0.15, 0.2) is 72.1 Å². The molecule has 154 valence electrons. The Hall–Kier alpha value is -2.99. The van der Waals surface area contributed by atoms with Crippen molar-refractivity contribution in [2.45, 2.75) is 37.8 Å².